The van der Waals surface area contributed by atoms with Gasteiger partial charge in [-0.2, -0.15) is 0 Å². The predicted molar refractivity (Wildman–Crippen MR) is 80.2 cm³/mol. The molecule has 0 amide bonds. The van der Waals surface area contributed by atoms with Crippen LogP contribution in [0, 0.1) is 5.82 Å². The smallest absolute Gasteiger partial charge is 0.263 e. The fourth-order valence-electron chi connectivity index (χ4n) is 1.65. The highest BCUT2D eigenvalue weighted by Gasteiger charge is 2.14. The maximum absolute atomic E-state index is 12.7. The molecule has 21 heavy (non-hydrogen) atoms. The van der Waals surface area contributed by atoms with E-state index in [1.807, 2.05) is 6.92 Å². The van der Waals surface area contributed by atoms with Gasteiger partial charge in [0.25, 0.3) is 10.0 Å². The van der Waals surface area contributed by atoms with Gasteiger partial charge in [-0.15, -0.1) is 0 Å². The Bertz CT molecular complexity index is 685. The third-order valence-electron chi connectivity index (χ3n) is 2.71. The lowest BCUT2D eigenvalue weighted by Gasteiger charge is -2.09. The molecule has 1 aromatic carbocycles. The molecule has 112 valence electrons. The molecular formula is C14H16FN3O2S. The van der Waals surface area contributed by atoms with E-state index >= 15 is 0 Å². The molecule has 1 aromatic heterocycles. The number of benzene rings is 1. The van der Waals surface area contributed by atoms with Crippen LogP contribution in [0.1, 0.15) is 13.3 Å². The summed E-state index contributed by atoms with van der Waals surface area (Å²) in [4.78, 5) is 3.79. The molecule has 0 saturated heterocycles. The number of hydrogen-bond acceptors (Lipinski definition) is 4. The average Bonchev–Trinajstić information content (AvgIpc) is 2.48. The number of pyridine rings is 1. The van der Waals surface area contributed by atoms with E-state index < -0.39 is 15.8 Å². The number of sulfonamides is 1. The summed E-state index contributed by atoms with van der Waals surface area (Å²) in [6.45, 7) is 2.87. The Morgan fingerprint density at radius 3 is 2.43 bits per heavy atom. The van der Waals surface area contributed by atoms with E-state index in [0.717, 1.165) is 30.9 Å². The van der Waals surface area contributed by atoms with E-state index in [4.69, 9.17) is 0 Å². The molecule has 0 aliphatic carbocycles. The molecule has 0 aliphatic rings. The van der Waals surface area contributed by atoms with Crippen LogP contribution in [0.2, 0.25) is 0 Å². The molecule has 2 aromatic rings. The van der Waals surface area contributed by atoms with Crippen molar-refractivity contribution in [3.05, 3.63) is 48.4 Å². The van der Waals surface area contributed by atoms with Gasteiger partial charge in [-0.25, -0.2) is 17.8 Å². The molecule has 0 fully saturated rings. The first-order valence-corrected chi connectivity index (χ1v) is 7.98. The second-order valence-electron chi connectivity index (χ2n) is 4.42. The van der Waals surface area contributed by atoms with Crippen molar-refractivity contribution in [2.75, 3.05) is 16.6 Å². The molecule has 2 rings (SSSR count). The molecule has 7 heteroatoms. The summed E-state index contributed by atoms with van der Waals surface area (Å²) in [7, 11) is -3.73. The van der Waals surface area contributed by atoms with Crippen LogP contribution in [-0.4, -0.2) is 19.9 Å². The highest BCUT2D eigenvalue weighted by atomic mass is 32.2. The summed E-state index contributed by atoms with van der Waals surface area (Å²) in [5.74, 6) is -0.450. The normalized spacial score (nSPS) is 11.1. The molecule has 0 saturated carbocycles. The molecule has 0 spiro atoms. The van der Waals surface area contributed by atoms with Gasteiger partial charge in [0.15, 0.2) is 0 Å². The van der Waals surface area contributed by atoms with Gasteiger partial charge in [0.1, 0.15) is 11.6 Å². The summed E-state index contributed by atoms with van der Waals surface area (Å²) in [6.07, 6.45) is 1.94. The first kappa shape index (κ1) is 15.2. The van der Waals surface area contributed by atoms with E-state index in [9.17, 15) is 12.8 Å². The second-order valence-corrected chi connectivity index (χ2v) is 6.10. The summed E-state index contributed by atoms with van der Waals surface area (Å²) in [5, 5.41) is 3.16. The van der Waals surface area contributed by atoms with Crippen molar-refractivity contribution in [1.29, 1.82) is 0 Å². The zero-order chi connectivity index (χ0) is 15.3. The van der Waals surface area contributed by atoms with Crippen LogP contribution in [0.4, 0.5) is 15.9 Å². The Hall–Kier alpha value is -2.15. The molecule has 1 heterocycles. The van der Waals surface area contributed by atoms with Crippen LogP contribution in [0.25, 0.3) is 0 Å². The van der Waals surface area contributed by atoms with Crippen molar-refractivity contribution >= 4 is 21.5 Å². The van der Waals surface area contributed by atoms with E-state index in [1.165, 1.54) is 18.2 Å². The topological polar surface area (TPSA) is 71.1 Å². The summed E-state index contributed by atoms with van der Waals surface area (Å²) < 4.78 is 39.3. The van der Waals surface area contributed by atoms with Crippen molar-refractivity contribution in [3.8, 4) is 0 Å². The fraction of sp³-hybridized carbons (Fsp3) is 0.214. The van der Waals surface area contributed by atoms with E-state index in [0.29, 0.717) is 0 Å². The number of halogens is 1. The SMILES string of the molecule is CCCNc1ccc(S(=O)(=O)Nc2ccc(F)cn2)cc1. The number of nitrogens with zero attached hydrogens (tertiary/aromatic N) is 1. The van der Waals surface area contributed by atoms with Crippen LogP contribution in [-0.2, 0) is 10.0 Å². The fourth-order valence-corrected chi connectivity index (χ4v) is 2.66. The zero-order valence-corrected chi connectivity index (χ0v) is 12.3. The van der Waals surface area contributed by atoms with Crippen LogP contribution in [0.5, 0.6) is 0 Å². The molecular weight excluding hydrogens is 293 g/mol. The van der Waals surface area contributed by atoms with E-state index in [-0.39, 0.29) is 10.7 Å². The standard InChI is InChI=1S/C14H16FN3O2S/c1-2-9-16-12-4-6-13(7-5-12)21(19,20)18-14-8-3-11(15)10-17-14/h3-8,10,16H,2,9H2,1H3,(H,17,18). The molecule has 0 aliphatic heterocycles. The molecule has 0 radical (unpaired) electrons. The third-order valence-corrected chi connectivity index (χ3v) is 4.08. The first-order valence-electron chi connectivity index (χ1n) is 6.49. The largest absolute Gasteiger partial charge is 0.385 e. The van der Waals surface area contributed by atoms with Gasteiger partial charge in [0.05, 0.1) is 11.1 Å². The maximum atomic E-state index is 12.7. The van der Waals surface area contributed by atoms with Gasteiger partial charge in [-0.3, -0.25) is 4.72 Å². The minimum Gasteiger partial charge on any atom is -0.385 e. The predicted octanol–water partition coefficient (Wildman–Crippen LogP) is 2.84. The van der Waals surface area contributed by atoms with Gasteiger partial charge < -0.3 is 5.32 Å². The molecule has 2 N–H and O–H groups in total. The third kappa shape index (κ3) is 4.16. The van der Waals surface area contributed by atoms with Crippen molar-refractivity contribution < 1.29 is 12.8 Å². The van der Waals surface area contributed by atoms with Crippen LogP contribution in [0.15, 0.2) is 47.5 Å². The Labute approximate surface area is 123 Å². The lowest BCUT2D eigenvalue weighted by Crippen LogP contribution is -2.14. The molecule has 0 unspecified atom stereocenters. The van der Waals surface area contributed by atoms with Crippen LogP contribution >= 0.6 is 0 Å². The number of nitrogens with one attached hydrogen (secondary N) is 2. The Morgan fingerprint density at radius 1 is 1.14 bits per heavy atom. The monoisotopic (exact) mass is 309 g/mol. The quantitative estimate of drug-likeness (QED) is 0.861. The lowest BCUT2D eigenvalue weighted by molar-refractivity contribution is 0.600. The number of aromatic nitrogens is 1. The van der Waals surface area contributed by atoms with Gasteiger partial charge in [0.2, 0.25) is 0 Å². The average molecular weight is 309 g/mol. The van der Waals surface area contributed by atoms with Gasteiger partial charge in [-0.05, 0) is 42.8 Å². The minimum atomic E-state index is -3.73. The lowest BCUT2D eigenvalue weighted by atomic mass is 10.3. The Morgan fingerprint density at radius 2 is 1.86 bits per heavy atom. The van der Waals surface area contributed by atoms with Gasteiger partial charge >= 0.3 is 0 Å². The summed E-state index contributed by atoms with van der Waals surface area (Å²) >= 11 is 0. The Kier molecular flexibility index (Phi) is 4.74. The highest BCUT2D eigenvalue weighted by Crippen LogP contribution is 2.17. The van der Waals surface area contributed by atoms with Crippen LogP contribution in [0.3, 0.4) is 0 Å². The van der Waals surface area contributed by atoms with Gasteiger partial charge in [-0.1, -0.05) is 6.92 Å². The van der Waals surface area contributed by atoms with Crippen LogP contribution < -0.4 is 10.0 Å². The second kappa shape index (κ2) is 6.53. The van der Waals surface area contributed by atoms with Crippen molar-refractivity contribution in [3.63, 3.8) is 0 Å². The van der Waals surface area contributed by atoms with E-state index in [2.05, 4.69) is 15.0 Å². The first-order chi connectivity index (χ1) is 10.0. The Balaban J connectivity index is 2.13. The summed E-state index contributed by atoms with van der Waals surface area (Å²) in [5.41, 5.74) is 0.857. The molecule has 0 atom stereocenters. The number of rotatable bonds is 6. The zero-order valence-electron chi connectivity index (χ0n) is 11.5. The van der Waals surface area contributed by atoms with E-state index in [1.54, 1.807) is 12.1 Å². The molecule has 5 nitrogen and oxygen atoms in total. The highest BCUT2D eigenvalue weighted by molar-refractivity contribution is 7.92. The van der Waals surface area contributed by atoms with Crippen molar-refractivity contribution in [1.82, 2.24) is 4.98 Å². The minimum absolute atomic E-state index is 0.0737. The number of anilines is 2. The maximum Gasteiger partial charge on any atom is 0.263 e. The van der Waals surface area contributed by atoms with Gasteiger partial charge in [0, 0.05) is 12.2 Å². The van der Waals surface area contributed by atoms with Crippen molar-refractivity contribution in [2.45, 2.75) is 18.2 Å². The molecule has 0 bridgehead atoms. The van der Waals surface area contributed by atoms with Crippen molar-refractivity contribution in [2.24, 2.45) is 0 Å². The number of hydrogen-bond donors (Lipinski definition) is 2. The summed E-state index contributed by atoms with van der Waals surface area (Å²) in [6, 6.07) is 8.81.